The molecule has 1 N–H and O–H groups in total. The number of carbonyl (C=O) groups is 2. The Bertz CT molecular complexity index is 1320. The van der Waals surface area contributed by atoms with Crippen LogP contribution in [0.5, 0.6) is 0 Å². The van der Waals surface area contributed by atoms with Crippen molar-refractivity contribution in [2.75, 3.05) is 22.8 Å². The average Bonchev–Trinajstić information content (AvgIpc) is 3.31. The fourth-order valence-corrected chi connectivity index (χ4v) is 5.11. The summed E-state index contributed by atoms with van der Waals surface area (Å²) in [6.07, 6.45) is 3.86. The van der Waals surface area contributed by atoms with Crippen LogP contribution in [0.4, 0.5) is 11.4 Å². The second-order valence-corrected chi connectivity index (χ2v) is 10.1. The van der Waals surface area contributed by atoms with Gasteiger partial charge in [-0.1, -0.05) is 49.7 Å². The summed E-state index contributed by atoms with van der Waals surface area (Å²) in [5.41, 5.74) is 3.54. The minimum Gasteiger partial charge on any atom is -0.452 e. The molecule has 0 aromatic heterocycles. The van der Waals surface area contributed by atoms with E-state index in [-0.39, 0.29) is 16.4 Å². The first-order valence-corrected chi connectivity index (χ1v) is 13.1. The predicted molar refractivity (Wildman–Crippen MR) is 135 cm³/mol. The zero-order chi connectivity index (χ0) is 24.8. The molecule has 4 rings (SSSR count). The molecule has 0 radical (unpaired) electrons. The number of ether oxygens (including phenoxy) is 1. The number of fused-ring (bicyclic) bond motifs is 1. The number of rotatable bonds is 9. The standard InChI is InChI=1S/C27H28N2O5S/c1-2-3-7-20-12-14-23(15-13-20)28-35(32,33)24-10-6-9-22(18-24)27(31)34-19-26(30)29-17-16-21-8-4-5-11-25(21)29/h4-6,8-15,18,28H,2-3,7,16-17,19H2,1H3. The number of benzene rings is 3. The lowest BCUT2D eigenvalue weighted by atomic mass is 10.1. The van der Waals surface area contributed by atoms with Gasteiger partial charge < -0.3 is 9.64 Å². The van der Waals surface area contributed by atoms with E-state index in [0.717, 1.165) is 42.5 Å². The van der Waals surface area contributed by atoms with Crippen molar-refractivity contribution < 1.29 is 22.7 Å². The van der Waals surface area contributed by atoms with Gasteiger partial charge in [-0.25, -0.2) is 13.2 Å². The topological polar surface area (TPSA) is 92.8 Å². The first-order chi connectivity index (χ1) is 16.9. The van der Waals surface area contributed by atoms with E-state index in [4.69, 9.17) is 4.74 Å². The van der Waals surface area contributed by atoms with Crippen LogP contribution >= 0.6 is 0 Å². The summed E-state index contributed by atoms with van der Waals surface area (Å²) in [5.74, 6) is -1.08. The van der Waals surface area contributed by atoms with E-state index in [1.54, 1.807) is 17.0 Å². The Hall–Kier alpha value is -3.65. The van der Waals surface area contributed by atoms with Gasteiger partial charge in [0.2, 0.25) is 0 Å². The predicted octanol–water partition coefficient (Wildman–Crippen LogP) is 4.58. The van der Waals surface area contributed by atoms with Gasteiger partial charge in [-0.15, -0.1) is 0 Å². The summed E-state index contributed by atoms with van der Waals surface area (Å²) < 4.78 is 33.5. The molecule has 0 fully saturated rings. The lowest BCUT2D eigenvalue weighted by molar-refractivity contribution is -0.121. The van der Waals surface area contributed by atoms with Crippen LogP contribution in [-0.2, 0) is 32.4 Å². The molecule has 1 heterocycles. The first kappa shape index (κ1) is 24.5. The van der Waals surface area contributed by atoms with Gasteiger partial charge in [-0.05, 0) is 66.8 Å². The molecule has 35 heavy (non-hydrogen) atoms. The lowest BCUT2D eigenvalue weighted by Gasteiger charge is -2.17. The first-order valence-electron chi connectivity index (χ1n) is 11.6. The van der Waals surface area contributed by atoms with E-state index >= 15 is 0 Å². The number of esters is 1. The normalized spacial score (nSPS) is 12.8. The third-order valence-corrected chi connectivity index (χ3v) is 7.30. The zero-order valence-electron chi connectivity index (χ0n) is 19.6. The number of hydrogen-bond donors (Lipinski definition) is 1. The Morgan fingerprint density at radius 3 is 2.54 bits per heavy atom. The van der Waals surface area contributed by atoms with Gasteiger partial charge in [-0.2, -0.15) is 0 Å². The van der Waals surface area contributed by atoms with E-state index in [1.807, 2.05) is 36.4 Å². The van der Waals surface area contributed by atoms with Gasteiger partial charge in [0.25, 0.3) is 15.9 Å². The number of anilines is 2. The van der Waals surface area contributed by atoms with Crippen molar-refractivity contribution in [1.82, 2.24) is 0 Å². The maximum Gasteiger partial charge on any atom is 0.338 e. The molecule has 3 aromatic rings. The fourth-order valence-electron chi connectivity index (χ4n) is 4.01. The van der Waals surface area contributed by atoms with E-state index < -0.39 is 22.6 Å². The third kappa shape index (κ3) is 5.89. The largest absolute Gasteiger partial charge is 0.452 e. The molecular weight excluding hydrogens is 464 g/mol. The molecule has 182 valence electrons. The third-order valence-electron chi connectivity index (χ3n) is 5.92. The van der Waals surface area contributed by atoms with Crippen LogP contribution in [0.15, 0.2) is 77.7 Å². The van der Waals surface area contributed by atoms with Crippen molar-refractivity contribution in [2.24, 2.45) is 0 Å². The Labute approximate surface area is 205 Å². The van der Waals surface area contributed by atoms with E-state index in [2.05, 4.69) is 11.6 Å². The molecule has 0 saturated carbocycles. The Morgan fingerprint density at radius 2 is 1.77 bits per heavy atom. The molecule has 1 aliphatic heterocycles. The highest BCUT2D eigenvalue weighted by Gasteiger charge is 2.25. The monoisotopic (exact) mass is 492 g/mol. The van der Waals surface area contributed by atoms with Crippen molar-refractivity contribution in [1.29, 1.82) is 0 Å². The molecule has 0 spiro atoms. The van der Waals surface area contributed by atoms with Crippen molar-refractivity contribution >= 4 is 33.3 Å². The van der Waals surface area contributed by atoms with Crippen LogP contribution in [-0.4, -0.2) is 33.4 Å². The van der Waals surface area contributed by atoms with Gasteiger partial charge >= 0.3 is 5.97 Å². The summed E-state index contributed by atoms with van der Waals surface area (Å²) >= 11 is 0. The molecule has 0 aliphatic carbocycles. The van der Waals surface area contributed by atoms with Crippen molar-refractivity contribution in [2.45, 2.75) is 37.5 Å². The van der Waals surface area contributed by atoms with Gasteiger partial charge in [0.1, 0.15) is 0 Å². The molecule has 0 saturated heterocycles. The highest BCUT2D eigenvalue weighted by molar-refractivity contribution is 7.92. The number of sulfonamides is 1. The SMILES string of the molecule is CCCCc1ccc(NS(=O)(=O)c2cccc(C(=O)OCC(=O)N3CCc4ccccc43)c2)cc1. The summed E-state index contributed by atoms with van der Waals surface area (Å²) in [4.78, 5) is 26.7. The van der Waals surface area contributed by atoms with Crippen LogP contribution in [0.3, 0.4) is 0 Å². The second-order valence-electron chi connectivity index (χ2n) is 8.43. The van der Waals surface area contributed by atoms with Gasteiger partial charge in [0.15, 0.2) is 6.61 Å². The molecule has 3 aromatic carbocycles. The number of para-hydroxylation sites is 1. The minimum absolute atomic E-state index is 0.0532. The average molecular weight is 493 g/mol. The van der Waals surface area contributed by atoms with E-state index in [9.17, 15) is 18.0 Å². The highest BCUT2D eigenvalue weighted by atomic mass is 32.2. The molecule has 1 aliphatic rings. The number of unbranched alkanes of at least 4 members (excludes halogenated alkanes) is 1. The molecule has 0 unspecified atom stereocenters. The Balaban J connectivity index is 1.38. The smallest absolute Gasteiger partial charge is 0.338 e. The van der Waals surface area contributed by atoms with Crippen LogP contribution in [0.1, 0.15) is 41.3 Å². The highest BCUT2D eigenvalue weighted by Crippen LogP contribution is 2.27. The van der Waals surface area contributed by atoms with Gasteiger partial charge in [0, 0.05) is 17.9 Å². The zero-order valence-corrected chi connectivity index (χ0v) is 20.4. The van der Waals surface area contributed by atoms with Crippen molar-refractivity contribution in [3.8, 4) is 0 Å². The number of nitrogens with one attached hydrogen (secondary N) is 1. The van der Waals surface area contributed by atoms with Gasteiger partial charge in [0.05, 0.1) is 10.5 Å². The molecular formula is C27H28N2O5S. The fraction of sp³-hybridized carbons (Fsp3) is 0.259. The van der Waals surface area contributed by atoms with E-state index in [0.29, 0.717) is 12.2 Å². The number of carbonyl (C=O) groups excluding carboxylic acids is 2. The molecule has 7 nitrogen and oxygen atoms in total. The number of nitrogens with zero attached hydrogens (tertiary/aromatic N) is 1. The quantitative estimate of drug-likeness (QED) is 0.442. The Kier molecular flexibility index (Phi) is 7.51. The second kappa shape index (κ2) is 10.7. The van der Waals surface area contributed by atoms with Crippen LogP contribution in [0, 0.1) is 0 Å². The maximum atomic E-state index is 12.9. The molecule has 0 atom stereocenters. The summed E-state index contributed by atoms with van der Waals surface area (Å²) in [7, 11) is -3.91. The Morgan fingerprint density at radius 1 is 1.00 bits per heavy atom. The maximum absolute atomic E-state index is 12.9. The lowest BCUT2D eigenvalue weighted by Crippen LogP contribution is -2.33. The van der Waals surface area contributed by atoms with Crippen LogP contribution < -0.4 is 9.62 Å². The number of aryl methyl sites for hydroxylation is 1. The van der Waals surface area contributed by atoms with Crippen molar-refractivity contribution in [3.05, 3.63) is 89.5 Å². The number of amides is 1. The summed E-state index contributed by atoms with van der Waals surface area (Å²) in [6, 6.07) is 20.4. The summed E-state index contributed by atoms with van der Waals surface area (Å²) in [6.45, 7) is 2.23. The van der Waals surface area contributed by atoms with Crippen molar-refractivity contribution in [3.63, 3.8) is 0 Å². The minimum atomic E-state index is -3.91. The molecule has 1 amide bonds. The summed E-state index contributed by atoms with van der Waals surface area (Å²) in [5, 5.41) is 0. The van der Waals surface area contributed by atoms with Crippen LogP contribution in [0.25, 0.3) is 0 Å². The number of hydrogen-bond acceptors (Lipinski definition) is 5. The van der Waals surface area contributed by atoms with Gasteiger partial charge in [-0.3, -0.25) is 9.52 Å². The molecule has 8 heteroatoms. The molecule has 0 bridgehead atoms. The van der Waals surface area contributed by atoms with E-state index in [1.165, 1.54) is 24.3 Å². The van der Waals surface area contributed by atoms with Crippen LogP contribution in [0.2, 0.25) is 0 Å².